The van der Waals surface area contributed by atoms with E-state index in [2.05, 4.69) is 23.1 Å². The summed E-state index contributed by atoms with van der Waals surface area (Å²) in [6.07, 6.45) is 8.29. The molecule has 2 aromatic heterocycles. The van der Waals surface area contributed by atoms with Gasteiger partial charge >= 0.3 is 0 Å². The molecule has 0 N–H and O–H groups in total. The zero-order chi connectivity index (χ0) is 22.1. The van der Waals surface area contributed by atoms with Gasteiger partial charge in [0.2, 0.25) is 0 Å². The third-order valence-corrected chi connectivity index (χ3v) is 6.09. The molecule has 1 aromatic carbocycles. The fourth-order valence-electron chi connectivity index (χ4n) is 4.28. The Morgan fingerprint density at radius 2 is 1.88 bits per heavy atom. The summed E-state index contributed by atoms with van der Waals surface area (Å²) in [5, 5.41) is 4.68. The third-order valence-electron chi connectivity index (χ3n) is 6.09. The molecule has 5 rings (SSSR count). The lowest BCUT2D eigenvalue weighted by Gasteiger charge is -2.25. The quantitative estimate of drug-likeness (QED) is 0.613. The van der Waals surface area contributed by atoms with Crippen molar-refractivity contribution in [2.45, 2.75) is 32.6 Å². The number of methoxy groups -OCH3 is 1. The van der Waals surface area contributed by atoms with Crippen LogP contribution >= 0.6 is 0 Å². The predicted octanol–water partition coefficient (Wildman–Crippen LogP) is 4.48. The number of aliphatic imine (C=N–C) groups is 1. The van der Waals surface area contributed by atoms with Crippen LogP contribution in [0.4, 0.5) is 0 Å². The molecule has 3 aromatic rings. The molecule has 2 aliphatic heterocycles. The summed E-state index contributed by atoms with van der Waals surface area (Å²) in [6.45, 7) is 3.75. The summed E-state index contributed by atoms with van der Waals surface area (Å²) < 4.78 is 7.04. The number of aromatic nitrogens is 3. The summed E-state index contributed by atoms with van der Waals surface area (Å²) in [5.74, 6) is 1.16. The van der Waals surface area contributed by atoms with Crippen molar-refractivity contribution in [3.05, 3.63) is 53.9 Å². The number of hydrogen-bond acceptors (Lipinski definition) is 5. The maximum Gasteiger partial charge on any atom is 0.274 e. The molecule has 0 radical (unpaired) electrons. The number of allylic oxidation sites excluding steroid dienone is 1. The summed E-state index contributed by atoms with van der Waals surface area (Å²) in [5.41, 5.74) is 4.53. The molecule has 7 nitrogen and oxygen atoms in total. The van der Waals surface area contributed by atoms with Gasteiger partial charge in [-0.15, -0.1) is 0 Å². The largest absolute Gasteiger partial charge is 0.497 e. The van der Waals surface area contributed by atoms with Crippen molar-refractivity contribution in [1.82, 2.24) is 19.5 Å². The van der Waals surface area contributed by atoms with Gasteiger partial charge in [-0.25, -0.2) is 9.50 Å². The first kappa shape index (κ1) is 20.4. The summed E-state index contributed by atoms with van der Waals surface area (Å²) in [4.78, 5) is 24.5. The van der Waals surface area contributed by atoms with Gasteiger partial charge < -0.3 is 9.64 Å². The van der Waals surface area contributed by atoms with Gasteiger partial charge in [0, 0.05) is 30.9 Å². The molecule has 1 saturated heterocycles. The smallest absolute Gasteiger partial charge is 0.274 e. The van der Waals surface area contributed by atoms with Gasteiger partial charge in [0.1, 0.15) is 5.75 Å². The van der Waals surface area contributed by atoms with Crippen LogP contribution in [-0.4, -0.2) is 51.8 Å². The number of carbonyl (C=O) groups excluding carboxylic acids is 1. The first-order valence-electron chi connectivity index (χ1n) is 11.2. The highest BCUT2D eigenvalue weighted by molar-refractivity contribution is 5.93. The van der Waals surface area contributed by atoms with Crippen LogP contribution in [0.1, 0.15) is 48.8 Å². The highest BCUT2D eigenvalue weighted by atomic mass is 16.5. The SMILES string of the molecule is COc1ccc(-c2cc(C3=CC(C)CC=N3)n3nc(C(=O)N4CCCCC4)cc3n2)cc1. The van der Waals surface area contributed by atoms with Gasteiger partial charge in [0.25, 0.3) is 5.91 Å². The van der Waals surface area contributed by atoms with E-state index in [1.54, 1.807) is 17.7 Å². The molecule has 164 valence electrons. The van der Waals surface area contributed by atoms with E-state index in [0.717, 1.165) is 60.7 Å². The average Bonchev–Trinajstić information content (AvgIpc) is 3.28. The molecule has 1 fully saturated rings. The zero-order valence-corrected chi connectivity index (χ0v) is 18.5. The fourth-order valence-corrected chi connectivity index (χ4v) is 4.28. The standard InChI is InChI=1S/C25H27N5O2/c1-17-10-11-26-21(14-17)23-15-20(18-6-8-19(32-2)9-7-18)27-24-16-22(28-30(23)24)25(31)29-12-4-3-5-13-29/h6-9,11,14-17H,3-5,10,12-13H2,1-2H3. The number of hydrogen-bond donors (Lipinski definition) is 0. The number of nitrogens with zero attached hydrogens (tertiary/aromatic N) is 5. The van der Waals surface area contributed by atoms with E-state index in [9.17, 15) is 4.79 Å². The first-order chi connectivity index (χ1) is 15.6. The second-order valence-corrected chi connectivity index (χ2v) is 8.48. The third kappa shape index (κ3) is 3.90. The molecule has 0 bridgehead atoms. The Morgan fingerprint density at radius 1 is 1.09 bits per heavy atom. The Hall–Kier alpha value is -3.48. The molecule has 1 amide bonds. The molecule has 7 heteroatoms. The summed E-state index contributed by atoms with van der Waals surface area (Å²) >= 11 is 0. The molecule has 1 unspecified atom stereocenters. The number of likely N-dealkylation sites (tertiary alicyclic amines) is 1. The van der Waals surface area contributed by atoms with Crippen molar-refractivity contribution in [1.29, 1.82) is 0 Å². The maximum atomic E-state index is 13.1. The maximum absolute atomic E-state index is 13.1. The van der Waals surface area contributed by atoms with E-state index in [0.29, 0.717) is 17.3 Å². The molecule has 0 spiro atoms. The Kier molecular flexibility index (Phi) is 5.47. The van der Waals surface area contributed by atoms with E-state index >= 15 is 0 Å². The number of ether oxygens (including phenoxy) is 1. The Morgan fingerprint density at radius 3 is 2.59 bits per heavy atom. The van der Waals surface area contributed by atoms with Crippen LogP contribution < -0.4 is 4.74 Å². The van der Waals surface area contributed by atoms with Gasteiger partial charge in [-0.05, 0) is 61.9 Å². The molecule has 32 heavy (non-hydrogen) atoms. The fraction of sp³-hybridized carbons (Fsp3) is 0.360. The van der Waals surface area contributed by atoms with E-state index in [-0.39, 0.29) is 5.91 Å². The van der Waals surface area contributed by atoms with Crippen LogP contribution in [0.5, 0.6) is 5.75 Å². The first-order valence-corrected chi connectivity index (χ1v) is 11.2. The number of fused-ring (bicyclic) bond motifs is 1. The molecule has 0 saturated carbocycles. The predicted molar refractivity (Wildman–Crippen MR) is 125 cm³/mol. The minimum absolute atomic E-state index is 0.0263. The van der Waals surface area contributed by atoms with Crippen molar-refractivity contribution in [2.24, 2.45) is 10.9 Å². The molecular formula is C25H27N5O2. The highest BCUT2D eigenvalue weighted by Crippen LogP contribution is 2.29. The second-order valence-electron chi connectivity index (χ2n) is 8.48. The minimum Gasteiger partial charge on any atom is -0.497 e. The van der Waals surface area contributed by atoms with Gasteiger partial charge in [-0.2, -0.15) is 5.10 Å². The Labute approximate surface area is 187 Å². The monoisotopic (exact) mass is 429 g/mol. The average molecular weight is 430 g/mol. The van der Waals surface area contributed by atoms with Crippen LogP contribution in [0.15, 0.2) is 47.5 Å². The lowest BCUT2D eigenvalue weighted by Crippen LogP contribution is -2.35. The normalized spacial score (nSPS) is 18.6. The Balaban J connectivity index is 1.62. The lowest BCUT2D eigenvalue weighted by atomic mass is 10.0. The molecular weight excluding hydrogens is 402 g/mol. The van der Waals surface area contributed by atoms with E-state index in [1.165, 1.54) is 6.42 Å². The highest BCUT2D eigenvalue weighted by Gasteiger charge is 2.23. The minimum atomic E-state index is -0.0263. The molecule has 2 aliphatic rings. The zero-order valence-electron chi connectivity index (χ0n) is 18.5. The molecule has 1 atom stereocenters. The number of piperidine rings is 1. The molecule has 4 heterocycles. The van der Waals surface area contributed by atoms with Crippen LogP contribution in [0.25, 0.3) is 22.6 Å². The van der Waals surface area contributed by atoms with E-state index in [1.807, 2.05) is 41.4 Å². The van der Waals surface area contributed by atoms with Crippen molar-refractivity contribution in [3.8, 4) is 17.0 Å². The van der Waals surface area contributed by atoms with Crippen molar-refractivity contribution in [2.75, 3.05) is 20.2 Å². The van der Waals surface area contributed by atoms with Crippen LogP contribution in [0, 0.1) is 5.92 Å². The van der Waals surface area contributed by atoms with Gasteiger partial charge in [0.15, 0.2) is 11.3 Å². The van der Waals surface area contributed by atoms with Crippen molar-refractivity contribution in [3.63, 3.8) is 0 Å². The number of amides is 1. The van der Waals surface area contributed by atoms with Crippen LogP contribution in [-0.2, 0) is 0 Å². The Bertz CT molecular complexity index is 1200. The van der Waals surface area contributed by atoms with Gasteiger partial charge in [-0.1, -0.05) is 13.0 Å². The summed E-state index contributed by atoms with van der Waals surface area (Å²) in [7, 11) is 1.65. The summed E-state index contributed by atoms with van der Waals surface area (Å²) in [6, 6.07) is 11.6. The van der Waals surface area contributed by atoms with E-state index < -0.39 is 0 Å². The molecule has 0 aliphatic carbocycles. The van der Waals surface area contributed by atoms with Gasteiger partial charge in [-0.3, -0.25) is 9.79 Å². The topological polar surface area (TPSA) is 72.1 Å². The van der Waals surface area contributed by atoms with Crippen molar-refractivity contribution < 1.29 is 9.53 Å². The van der Waals surface area contributed by atoms with Crippen LogP contribution in [0.3, 0.4) is 0 Å². The second kappa shape index (κ2) is 8.57. The number of rotatable bonds is 4. The van der Waals surface area contributed by atoms with Gasteiger partial charge in [0.05, 0.1) is 24.2 Å². The number of carbonyl (C=O) groups is 1. The van der Waals surface area contributed by atoms with Crippen LogP contribution in [0.2, 0.25) is 0 Å². The number of benzene rings is 1. The van der Waals surface area contributed by atoms with E-state index in [4.69, 9.17) is 9.72 Å². The lowest BCUT2D eigenvalue weighted by molar-refractivity contribution is 0.0718. The van der Waals surface area contributed by atoms with Crippen molar-refractivity contribution >= 4 is 23.5 Å².